The fourth-order valence-corrected chi connectivity index (χ4v) is 2.40. The van der Waals surface area contributed by atoms with Crippen molar-refractivity contribution in [3.05, 3.63) is 0 Å². The van der Waals surface area contributed by atoms with Crippen LogP contribution < -0.4 is 5.32 Å². The number of methoxy groups -OCH3 is 1. The zero-order chi connectivity index (χ0) is 13.8. The molecule has 1 heterocycles. The lowest BCUT2D eigenvalue weighted by Crippen LogP contribution is -2.44. The number of thioether (sulfide) groups is 1. The predicted molar refractivity (Wildman–Crippen MR) is 73.6 cm³/mol. The molecule has 0 bridgehead atoms. The van der Waals surface area contributed by atoms with Gasteiger partial charge in [0.05, 0.1) is 33.0 Å². The minimum atomic E-state index is -0.188. The normalized spacial score (nSPS) is 19.3. The summed E-state index contributed by atoms with van der Waals surface area (Å²) in [7, 11) is 1.63. The van der Waals surface area contributed by atoms with Gasteiger partial charge in [-0.15, -0.1) is 0 Å². The number of carbonyl (C=O) groups is 1. The molecule has 1 aliphatic heterocycles. The van der Waals surface area contributed by atoms with Crippen LogP contribution in [0.4, 0.5) is 0 Å². The lowest BCUT2D eigenvalue weighted by molar-refractivity contribution is -0.147. The van der Waals surface area contributed by atoms with Crippen molar-refractivity contribution in [1.82, 2.24) is 5.32 Å². The van der Waals surface area contributed by atoms with Crippen LogP contribution in [0.25, 0.3) is 0 Å². The summed E-state index contributed by atoms with van der Waals surface area (Å²) in [6, 6.07) is -0.170. The molecular formula is C12H23NO5S. The van der Waals surface area contributed by atoms with E-state index in [1.54, 1.807) is 18.9 Å². The Balaban J connectivity index is 1.86. The Morgan fingerprint density at radius 3 is 2.47 bits per heavy atom. The molecule has 112 valence electrons. The number of rotatable bonds is 10. The first kappa shape index (κ1) is 16.7. The van der Waals surface area contributed by atoms with E-state index < -0.39 is 0 Å². The molecule has 0 aromatic rings. The van der Waals surface area contributed by atoms with Crippen LogP contribution in [-0.2, 0) is 23.7 Å². The first-order valence-corrected chi connectivity index (χ1v) is 7.62. The van der Waals surface area contributed by atoms with Crippen LogP contribution >= 0.6 is 11.8 Å². The number of hydrogen-bond acceptors (Lipinski definition) is 7. The third kappa shape index (κ3) is 8.43. The summed E-state index contributed by atoms with van der Waals surface area (Å²) in [5.74, 6) is 1.65. The number of nitrogens with one attached hydrogen (secondary N) is 1. The van der Waals surface area contributed by atoms with Crippen LogP contribution in [0.1, 0.15) is 0 Å². The van der Waals surface area contributed by atoms with E-state index in [1.165, 1.54) is 0 Å². The van der Waals surface area contributed by atoms with Crippen LogP contribution in [0.3, 0.4) is 0 Å². The third-order valence-corrected chi connectivity index (χ3v) is 3.54. The average molecular weight is 293 g/mol. The van der Waals surface area contributed by atoms with E-state index in [4.69, 9.17) is 18.9 Å². The van der Waals surface area contributed by atoms with Crippen molar-refractivity contribution in [2.24, 2.45) is 0 Å². The molecule has 0 spiro atoms. The second-order valence-corrected chi connectivity index (χ2v) is 5.12. The topological polar surface area (TPSA) is 66.0 Å². The highest BCUT2D eigenvalue weighted by Gasteiger charge is 2.21. The van der Waals surface area contributed by atoms with Crippen LogP contribution in [-0.4, -0.2) is 76.8 Å². The monoisotopic (exact) mass is 293 g/mol. The van der Waals surface area contributed by atoms with Crippen molar-refractivity contribution in [1.29, 1.82) is 0 Å². The minimum absolute atomic E-state index is 0.170. The summed E-state index contributed by atoms with van der Waals surface area (Å²) >= 11 is 1.77. The van der Waals surface area contributed by atoms with Gasteiger partial charge in [-0.1, -0.05) is 0 Å². The summed E-state index contributed by atoms with van der Waals surface area (Å²) < 4.78 is 20.5. The average Bonchev–Trinajstić information content (AvgIpc) is 2.46. The van der Waals surface area contributed by atoms with Gasteiger partial charge in [0, 0.05) is 25.2 Å². The fraction of sp³-hybridized carbons (Fsp3) is 0.917. The molecule has 0 amide bonds. The molecule has 1 aliphatic rings. The largest absolute Gasteiger partial charge is 0.462 e. The van der Waals surface area contributed by atoms with Gasteiger partial charge in [-0.25, -0.2) is 0 Å². The predicted octanol–water partition coefficient (Wildman–Crippen LogP) is -0.0858. The maximum Gasteiger partial charge on any atom is 0.324 e. The Morgan fingerprint density at radius 2 is 1.84 bits per heavy atom. The first-order valence-electron chi connectivity index (χ1n) is 6.47. The van der Waals surface area contributed by atoms with Crippen molar-refractivity contribution in [2.75, 3.05) is 64.8 Å². The molecule has 1 rings (SSSR count). The molecule has 0 aromatic heterocycles. The highest BCUT2D eigenvalue weighted by atomic mass is 32.2. The van der Waals surface area contributed by atoms with Crippen molar-refractivity contribution in [3.63, 3.8) is 0 Å². The van der Waals surface area contributed by atoms with Crippen LogP contribution in [0.2, 0.25) is 0 Å². The Labute approximate surface area is 118 Å². The molecule has 7 heteroatoms. The highest BCUT2D eigenvalue weighted by molar-refractivity contribution is 7.99. The first-order chi connectivity index (χ1) is 9.34. The van der Waals surface area contributed by atoms with Gasteiger partial charge >= 0.3 is 5.97 Å². The standard InChI is InChI=1S/C12H23NO5S/c1-15-3-4-16-5-6-17-7-8-18-12(14)11-10-19-9-2-13-11/h11,13H,2-10H2,1H3. The molecular weight excluding hydrogens is 270 g/mol. The second kappa shape index (κ2) is 11.5. The van der Waals surface area contributed by atoms with Gasteiger partial charge in [0.2, 0.25) is 0 Å². The Morgan fingerprint density at radius 1 is 1.16 bits per heavy atom. The fourth-order valence-electron chi connectivity index (χ4n) is 1.48. The summed E-state index contributed by atoms with van der Waals surface area (Å²) in [6.07, 6.45) is 0. The molecule has 1 atom stereocenters. The van der Waals surface area contributed by atoms with Gasteiger partial charge in [-0.05, 0) is 0 Å². The Kier molecular flexibility index (Phi) is 10.1. The van der Waals surface area contributed by atoms with Gasteiger partial charge in [0.1, 0.15) is 12.6 Å². The number of esters is 1. The molecule has 0 saturated carbocycles. The highest BCUT2D eigenvalue weighted by Crippen LogP contribution is 2.08. The van der Waals surface area contributed by atoms with Crippen LogP contribution in [0.15, 0.2) is 0 Å². The van der Waals surface area contributed by atoms with E-state index in [-0.39, 0.29) is 12.0 Å². The number of hydrogen-bond donors (Lipinski definition) is 1. The van der Waals surface area contributed by atoms with Gasteiger partial charge in [0.15, 0.2) is 0 Å². The zero-order valence-electron chi connectivity index (χ0n) is 11.4. The smallest absolute Gasteiger partial charge is 0.324 e. The SMILES string of the molecule is COCCOCCOCCOC(=O)C1CSCCN1. The molecule has 6 nitrogen and oxygen atoms in total. The summed E-state index contributed by atoms with van der Waals surface area (Å²) in [6.45, 7) is 3.74. The van der Waals surface area contributed by atoms with E-state index in [0.29, 0.717) is 39.6 Å². The van der Waals surface area contributed by atoms with E-state index in [1.807, 2.05) is 0 Å². The van der Waals surface area contributed by atoms with Crippen molar-refractivity contribution >= 4 is 17.7 Å². The summed E-state index contributed by atoms with van der Waals surface area (Å²) in [5, 5.41) is 3.13. The second-order valence-electron chi connectivity index (χ2n) is 3.97. The van der Waals surface area contributed by atoms with Gasteiger partial charge in [0.25, 0.3) is 0 Å². The molecule has 1 N–H and O–H groups in total. The molecule has 1 fully saturated rings. The van der Waals surface area contributed by atoms with E-state index >= 15 is 0 Å². The Hall–Kier alpha value is -0.340. The van der Waals surface area contributed by atoms with E-state index in [2.05, 4.69) is 5.32 Å². The molecule has 0 aliphatic carbocycles. The number of carbonyl (C=O) groups excluding carboxylic acids is 1. The van der Waals surface area contributed by atoms with Gasteiger partial charge in [-0.2, -0.15) is 11.8 Å². The van der Waals surface area contributed by atoms with Crippen molar-refractivity contribution in [2.45, 2.75) is 6.04 Å². The third-order valence-electron chi connectivity index (χ3n) is 2.48. The van der Waals surface area contributed by atoms with Crippen molar-refractivity contribution in [3.8, 4) is 0 Å². The molecule has 1 unspecified atom stereocenters. The maximum atomic E-state index is 11.6. The quantitative estimate of drug-likeness (QED) is 0.446. The van der Waals surface area contributed by atoms with Crippen LogP contribution in [0, 0.1) is 0 Å². The Bertz CT molecular complexity index is 236. The zero-order valence-corrected chi connectivity index (χ0v) is 12.2. The van der Waals surface area contributed by atoms with Crippen LogP contribution in [0.5, 0.6) is 0 Å². The van der Waals surface area contributed by atoms with Gasteiger partial charge in [-0.3, -0.25) is 4.79 Å². The van der Waals surface area contributed by atoms with Crippen molar-refractivity contribution < 1.29 is 23.7 Å². The molecule has 1 saturated heterocycles. The summed E-state index contributed by atoms with van der Waals surface area (Å²) in [5.41, 5.74) is 0. The lowest BCUT2D eigenvalue weighted by Gasteiger charge is -2.21. The molecule has 19 heavy (non-hydrogen) atoms. The molecule has 0 radical (unpaired) electrons. The van der Waals surface area contributed by atoms with E-state index in [9.17, 15) is 4.79 Å². The molecule has 0 aromatic carbocycles. The number of ether oxygens (including phenoxy) is 4. The summed E-state index contributed by atoms with van der Waals surface area (Å²) in [4.78, 5) is 11.6. The maximum absolute atomic E-state index is 11.6. The van der Waals surface area contributed by atoms with Gasteiger partial charge < -0.3 is 24.3 Å². The van der Waals surface area contributed by atoms with E-state index in [0.717, 1.165) is 18.1 Å². The minimum Gasteiger partial charge on any atom is -0.462 e. The lowest BCUT2D eigenvalue weighted by atomic mass is 10.3.